The summed E-state index contributed by atoms with van der Waals surface area (Å²) in [6.45, 7) is 17.9. The molecular weight excluding hydrogens is 441 g/mol. The summed E-state index contributed by atoms with van der Waals surface area (Å²) in [5, 5.41) is 9.58. The van der Waals surface area contributed by atoms with E-state index in [1.165, 1.54) is 25.9 Å². The average Bonchev–Trinajstić information content (AvgIpc) is 2.48. The van der Waals surface area contributed by atoms with Crippen LogP contribution in [0.1, 0.15) is 54.4 Å². The molecule has 1 atom stereocenters. The van der Waals surface area contributed by atoms with Crippen molar-refractivity contribution in [2.75, 3.05) is 39.3 Å². The van der Waals surface area contributed by atoms with Gasteiger partial charge in [-0.3, -0.25) is 4.79 Å². The Hall–Kier alpha value is -0.570. The number of nitrogens with one attached hydrogen (secondary N) is 3. The molecular formula is C19H40IN5O. The molecule has 0 aromatic carbocycles. The van der Waals surface area contributed by atoms with E-state index in [0.29, 0.717) is 11.8 Å². The Morgan fingerprint density at radius 3 is 2.54 bits per heavy atom. The molecule has 0 aromatic heterocycles. The van der Waals surface area contributed by atoms with E-state index in [0.717, 1.165) is 25.6 Å². The van der Waals surface area contributed by atoms with Crippen LogP contribution >= 0.6 is 24.0 Å². The van der Waals surface area contributed by atoms with Crippen LogP contribution in [0.3, 0.4) is 0 Å². The summed E-state index contributed by atoms with van der Waals surface area (Å²) in [5.74, 6) is 2.03. The minimum atomic E-state index is -0.222. The van der Waals surface area contributed by atoms with Crippen molar-refractivity contribution in [3.8, 4) is 0 Å². The molecule has 0 bridgehead atoms. The van der Waals surface area contributed by atoms with E-state index in [2.05, 4.69) is 39.7 Å². The van der Waals surface area contributed by atoms with Gasteiger partial charge in [-0.1, -0.05) is 13.8 Å². The number of carbonyl (C=O) groups is 1. The quantitative estimate of drug-likeness (QED) is 0.297. The van der Waals surface area contributed by atoms with Crippen molar-refractivity contribution in [1.82, 2.24) is 20.9 Å². The molecule has 1 saturated heterocycles. The fraction of sp³-hybridized carbons (Fsp3) is 0.895. The number of guanidine groups is 1. The maximum Gasteiger partial charge on any atom is 0.242 e. The van der Waals surface area contributed by atoms with Gasteiger partial charge in [0.2, 0.25) is 5.91 Å². The number of carbonyl (C=O) groups excluding carboxylic acids is 1. The largest absolute Gasteiger partial charge is 0.357 e. The van der Waals surface area contributed by atoms with Crippen molar-refractivity contribution in [1.29, 1.82) is 0 Å². The van der Waals surface area contributed by atoms with E-state index in [1.54, 1.807) is 0 Å². The number of hydrogen-bond donors (Lipinski definition) is 3. The summed E-state index contributed by atoms with van der Waals surface area (Å²) < 4.78 is 0. The Labute approximate surface area is 177 Å². The Morgan fingerprint density at radius 1 is 1.27 bits per heavy atom. The highest BCUT2D eigenvalue weighted by Crippen LogP contribution is 2.16. The number of piperidine rings is 1. The predicted molar refractivity (Wildman–Crippen MR) is 121 cm³/mol. The van der Waals surface area contributed by atoms with Gasteiger partial charge >= 0.3 is 0 Å². The van der Waals surface area contributed by atoms with Crippen molar-refractivity contribution in [3.63, 3.8) is 0 Å². The topological polar surface area (TPSA) is 68.8 Å². The molecule has 0 spiro atoms. The Kier molecular flexibility index (Phi) is 12.5. The third kappa shape index (κ3) is 11.9. The fourth-order valence-corrected chi connectivity index (χ4v) is 3.19. The summed E-state index contributed by atoms with van der Waals surface area (Å²) in [6, 6.07) is 0. The second-order valence-electron chi connectivity index (χ2n) is 8.54. The van der Waals surface area contributed by atoms with Crippen LogP contribution in [0.4, 0.5) is 0 Å². The van der Waals surface area contributed by atoms with E-state index >= 15 is 0 Å². The smallest absolute Gasteiger partial charge is 0.242 e. The lowest BCUT2D eigenvalue weighted by Gasteiger charge is -2.34. The van der Waals surface area contributed by atoms with Crippen molar-refractivity contribution in [3.05, 3.63) is 0 Å². The molecule has 1 fully saturated rings. The molecule has 1 rings (SSSR count). The highest BCUT2D eigenvalue weighted by atomic mass is 127. The third-order valence-electron chi connectivity index (χ3n) is 4.02. The highest BCUT2D eigenvalue weighted by Gasteiger charge is 2.20. The van der Waals surface area contributed by atoms with E-state index in [-0.39, 0.29) is 42.0 Å². The normalized spacial score (nSPS) is 19.0. The minimum Gasteiger partial charge on any atom is -0.357 e. The van der Waals surface area contributed by atoms with Gasteiger partial charge in [0.15, 0.2) is 5.96 Å². The molecule has 1 amide bonds. The van der Waals surface area contributed by atoms with Gasteiger partial charge in [0.05, 0.1) is 0 Å². The summed E-state index contributed by atoms with van der Waals surface area (Å²) in [5.41, 5.74) is -0.222. The zero-order valence-electron chi connectivity index (χ0n) is 17.5. The van der Waals surface area contributed by atoms with Crippen LogP contribution < -0.4 is 16.0 Å². The molecule has 7 heteroatoms. The van der Waals surface area contributed by atoms with E-state index in [9.17, 15) is 4.79 Å². The van der Waals surface area contributed by atoms with Crippen LogP contribution in [-0.4, -0.2) is 61.6 Å². The molecule has 3 N–H and O–H groups in total. The summed E-state index contributed by atoms with van der Waals surface area (Å²) in [7, 11) is 0. The van der Waals surface area contributed by atoms with Crippen LogP contribution in [0.25, 0.3) is 0 Å². The average molecular weight is 481 g/mol. The van der Waals surface area contributed by atoms with Gasteiger partial charge in [-0.25, -0.2) is 4.99 Å². The number of halogens is 1. The molecule has 6 nitrogen and oxygen atoms in total. The fourth-order valence-electron chi connectivity index (χ4n) is 3.19. The summed E-state index contributed by atoms with van der Waals surface area (Å²) in [4.78, 5) is 18.9. The number of hydrogen-bond acceptors (Lipinski definition) is 3. The highest BCUT2D eigenvalue weighted by molar-refractivity contribution is 14.0. The molecule has 0 aromatic rings. The standard InChI is InChI=1S/C19H39N5O.HI/c1-7-20-18(22-12-17(25)23-19(4,5)6)21-11-16-9-8-10-24(14-16)13-15(2)3;/h15-16H,7-14H2,1-6H3,(H,23,25)(H2,20,21,22);1H. The molecule has 1 aliphatic rings. The SMILES string of the molecule is CCNC(=NCC(=O)NC(C)(C)C)NCC1CCCN(CC(C)C)C1.I. The molecule has 0 aliphatic carbocycles. The first-order chi connectivity index (χ1) is 11.7. The van der Waals surface area contributed by atoms with Gasteiger partial charge in [0.1, 0.15) is 6.54 Å². The van der Waals surface area contributed by atoms with Crippen molar-refractivity contribution in [2.45, 2.75) is 59.9 Å². The van der Waals surface area contributed by atoms with Gasteiger partial charge in [0, 0.05) is 31.7 Å². The first kappa shape index (κ1) is 25.4. The monoisotopic (exact) mass is 481 g/mol. The van der Waals surface area contributed by atoms with Crippen molar-refractivity contribution < 1.29 is 4.79 Å². The lowest BCUT2D eigenvalue weighted by atomic mass is 9.97. The van der Waals surface area contributed by atoms with Gasteiger partial charge < -0.3 is 20.9 Å². The van der Waals surface area contributed by atoms with Gasteiger partial charge in [-0.05, 0) is 58.9 Å². The molecule has 1 heterocycles. The Balaban J connectivity index is 0.00000625. The molecule has 154 valence electrons. The summed E-state index contributed by atoms with van der Waals surface area (Å²) >= 11 is 0. The van der Waals surface area contributed by atoms with Crippen LogP contribution in [-0.2, 0) is 4.79 Å². The predicted octanol–water partition coefficient (Wildman–Crippen LogP) is 2.44. The lowest BCUT2D eigenvalue weighted by molar-refractivity contribution is -0.121. The van der Waals surface area contributed by atoms with Gasteiger partial charge in [0.25, 0.3) is 0 Å². The van der Waals surface area contributed by atoms with E-state index < -0.39 is 0 Å². The lowest BCUT2D eigenvalue weighted by Crippen LogP contribution is -2.46. The number of aliphatic imine (C=N–C) groups is 1. The van der Waals surface area contributed by atoms with Gasteiger partial charge in [-0.15, -0.1) is 24.0 Å². The molecule has 26 heavy (non-hydrogen) atoms. The number of likely N-dealkylation sites (tertiary alicyclic amines) is 1. The van der Waals surface area contributed by atoms with Gasteiger partial charge in [-0.2, -0.15) is 0 Å². The molecule has 1 unspecified atom stereocenters. The number of amides is 1. The zero-order chi connectivity index (χ0) is 18.9. The van der Waals surface area contributed by atoms with Crippen molar-refractivity contribution in [2.24, 2.45) is 16.8 Å². The van der Waals surface area contributed by atoms with Crippen molar-refractivity contribution >= 4 is 35.8 Å². The van der Waals surface area contributed by atoms with E-state index in [4.69, 9.17) is 0 Å². The maximum absolute atomic E-state index is 11.9. The minimum absolute atomic E-state index is 0. The van der Waals surface area contributed by atoms with E-state index in [1.807, 2.05) is 27.7 Å². The Morgan fingerprint density at radius 2 is 1.96 bits per heavy atom. The van der Waals surface area contributed by atoms with Crippen LogP contribution in [0, 0.1) is 11.8 Å². The molecule has 0 saturated carbocycles. The molecule has 0 radical (unpaired) electrons. The first-order valence-electron chi connectivity index (χ1n) is 9.75. The van der Waals surface area contributed by atoms with Crippen LogP contribution in [0.15, 0.2) is 4.99 Å². The first-order valence-corrected chi connectivity index (χ1v) is 9.75. The number of rotatable bonds is 7. The Bertz CT molecular complexity index is 434. The third-order valence-corrected chi connectivity index (χ3v) is 4.02. The molecule has 1 aliphatic heterocycles. The second-order valence-corrected chi connectivity index (χ2v) is 8.54. The maximum atomic E-state index is 11.9. The van der Waals surface area contributed by atoms with Crippen LogP contribution in [0.5, 0.6) is 0 Å². The summed E-state index contributed by atoms with van der Waals surface area (Å²) in [6.07, 6.45) is 2.52. The second kappa shape index (κ2) is 12.8. The number of nitrogens with zero attached hydrogens (tertiary/aromatic N) is 2. The zero-order valence-corrected chi connectivity index (χ0v) is 19.9. The van der Waals surface area contributed by atoms with Crippen LogP contribution in [0.2, 0.25) is 0 Å².